The number of nitrogens with one attached hydrogen (secondary N) is 1. The Bertz CT molecular complexity index is 486. The van der Waals surface area contributed by atoms with E-state index in [0.717, 1.165) is 5.82 Å². The highest BCUT2D eigenvalue weighted by atomic mass is 16.1. The van der Waals surface area contributed by atoms with Crippen molar-refractivity contribution < 1.29 is 0 Å². The van der Waals surface area contributed by atoms with Crippen molar-refractivity contribution in [2.75, 3.05) is 0 Å². The molecule has 72 valence electrons. The Morgan fingerprint density at radius 3 is 3.07 bits per heavy atom. The summed E-state index contributed by atoms with van der Waals surface area (Å²) in [4.78, 5) is 19.2. The molecule has 0 aliphatic rings. The zero-order valence-corrected chi connectivity index (χ0v) is 7.64. The van der Waals surface area contributed by atoms with Gasteiger partial charge in [0.25, 0.3) is 5.56 Å². The zero-order valence-electron chi connectivity index (χ0n) is 7.64. The molecule has 0 fully saturated rings. The maximum Gasteiger partial charge on any atom is 0.253 e. The lowest BCUT2D eigenvalue weighted by Crippen LogP contribution is -2.19. The van der Waals surface area contributed by atoms with Gasteiger partial charge in [-0.25, -0.2) is 9.97 Å². The topological polar surface area (TPSA) is 76.5 Å². The quantitative estimate of drug-likeness (QED) is 0.708. The standard InChI is InChI=1S/C8H9N5O/c1-6-10-7(12-11-6)4-13-5-9-3-2-8(13)14/h2-3,5H,4H2,1H3,(H,10,11,12). The molecule has 0 aliphatic heterocycles. The van der Waals surface area contributed by atoms with Gasteiger partial charge in [0.2, 0.25) is 0 Å². The van der Waals surface area contributed by atoms with Gasteiger partial charge in [-0.2, -0.15) is 5.10 Å². The van der Waals surface area contributed by atoms with Crippen LogP contribution in [0.3, 0.4) is 0 Å². The van der Waals surface area contributed by atoms with Crippen molar-refractivity contribution in [2.24, 2.45) is 0 Å². The summed E-state index contributed by atoms with van der Waals surface area (Å²) in [6, 6.07) is 1.40. The van der Waals surface area contributed by atoms with Crippen LogP contribution < -0.4 is 5.56 Å². The maximum absolute atomic E-state index is 11.3. The molecule has 1 N–H and O–H groups in total. The first-order chi connectivity index (χ1) is 6.75. The van der Waals surface area contributed by atoms with Crippen molar-refractivity contribution >= 4 is 0 Å². The Balaban J connectivity index is 2.27. The lowest BCUT2D eigenvalue weighted by atomic mass is 10.5. The number of nitrogens with zero attached hydrogens (tertiary/aromatic N) is 4. The van der Waals surface area contributed by atoms with Crippen molar-refractivity contribution in [2.45, 2.75) is 13.5 Å². The van der Waals surface area contributed by atoms with E-state index >= 15 is 0 Å². The van der Waals surface area contributed by atoms with E-state index in [4.69, 9.17) is 0 Å². The Kier molecular flexibility index (Phi) is 2.10. The molecule has 0 saturated heterocycles. The number of hydrogen-bond donors (Lipinski definition) is 1. The second kappa shape index (κ2) is 3.41. The van der Waals surface area contributed by atoms with Crippen LogP contribution in [0.5, 0.6) is 0 Å². The SMILES string of the molecule is Cc1nc(Cn2cnccc2=O)n[nH]1. The number of H-pyrrole nitrogens is 1. The van der Waals surface area contributed by atoms with Crippen LogP contribution in [0.15, 0.2) is 23.4 Å². The van der Waals surface area contributed by atoms with Crippen LogP contribution in [0, 0.1) is 6.92 Å². The van der Waals surface area contributed by atoms with Crippen molar-refractivity contribution in [1.29, 1.82) is 0 Å². The maximum atomic E-state index is 11.3. The van der Waals surface area contributed by atoms with E-state index in [9.17, 15) is 4.79 Å². The average Bonchev–Trinajstić information content (AvgIpc) is 2.56. The third-order valence-electron chi connectivity index (χ3n) is 1.75. The van der Waals surface area contributed by atoms with E-state index in [1.807, 2.05) is 6.92 Å². The molecule has 0 bridgehead atoms. The predicted octanol–water partition coefficient (Wildman–Crippen LogP) is -0.282. The Morgan fingerprint density at radius 2 is 2.43 bits per heavy atom. The minimum atomic E-state index is -0.109. The van der Waals surface area contributed by atoms with Gasteiger partial charge in [-0.05, 0) is 6.92 Å². The van der Waals surface area contributed by atoms with Crippen LogP contribution in [-0.2, 0) is 6.54 Å². The molecular weight excluding hydrogens is 182 g/mol. The van der Waals surface area contributed by atoms with Gasteiger partial charge in [0.1, 0.15) is 5.82 Å². The number of aromatic amines is 1. The molecule has 0 saturated carbocycles. The first-order valence-corrected chi connectivity index (χ1v) is 4.14. The van der Waals surface area contributed by atoms with Gasteiger partial charge in [-0.15, -0.1) is 0 Å². The molecule has 0 aromatic carbocycles. The van der Waals surface area contributed by atoms with Crippen molar-refractivity contribution in [3.05, 3.63) is 40.6 Å². The summed E-state index contributed by atoms with van der Waals surface area (Å²) in [5.74, 6) is 1.31. The molecule has 2 aromatic heterocycles. The van der Waals surface area contributed by atoms with E-state index < -0.39 is 0 Å². The molecule has 2 rings (SSSR count). The van der Waals surface area contributed by atoms with Crippen LogP contribution in [-0.4, -0.2) is 24.7 Å². The van der Waals surface area contributed by atoms with Crippen LogP contribution in [0.1, 0.15) is 11.6 Å². The molecule has 0 atom stereocenters. The van der Waals surface area contributed by atoms with Crippen molar-refractivity contribution in [3.63, 3.8) is 0 Å². The van der Waals surface area contributed by atoms with Gasteiger partial charge in [0, 0.05) is 12.3 Å². The van der Waals surface area contributed by atoms with E-state index in [1.165, 1.54) is 23.2 Å². The van der Waals surface area contributed by atoms with Gasteiger partial charge in [0.05, 0.1) is 12.9 Å². The third kappa shape index (κ3) is 1.68. The molecule has 6 heteroatoms. The fraction of sp³-hybridized carbons (Fsp3) is 0.250. The summed E-state index contributed by atoms with van der Waals surface area (Å²) in [6.07, 6.45) is 2.93. The third-order valence-corrected chi connectivity index (χ3v) is 1.75. The number of aromatic nitrogens is 5. The molecular formula is C8H9N5O. The van der Waals surface area contributed by atoms with Gasteiger partial charge in [-0.1, -0.05) is 0 Å². The average molecular weight is 191 g/mol. The monoisotopic (exact) mass is 191 g/mol. The fourth-order valence-corrected chi connectivity index (χ4v) is 1.11. The van der Waals surface area contributed by atoms with E-state index in [1.54, 1.807) is 0 Å². The molecule has 2 heterocycles. The molecule has 0 spiro atoms. The molecule has 14 heavy (non-hydrogen) atoms. The smallest absolute Gasteiger partial charge is 0.253 e. The predicted molar refractivity (Wildman–Crippen MR) is 48.7 cm³/mol. The van der Waals surface area contributed by atoms with Gasteiger partial charge in [0.15, 0.2) is 5.82 Å². The molecule has 6 nitrogen and oxygen atoms in total. The first-order valence-electron chi connectivity index (χ1n) is 4.14. The molecule has 0 radical (unpaired) electrons. The van der Waals surface area contributed by atoms with Crippen LogP contribution in [0.4, 0.5) is 0 Å². The largest absolute Gasteiger partial charge is 0.291 e. The fourth-order valence-electron chi connectivity index (χ4n) is 1.11. The van der Waals surface area contributed by atoms with Gasteiger partial charge in [-0.3, -0.25) is 14.5 Å². The summed E-state index contributed by atoms with van der Waals surface area (Å²) >= 11 is 0. The first kappa shape index (κ1) is 8.61. The molecule has 0 amide bonds. The summed E-state index contributed by atoms with van der Waals surface area (Å²) in [5, 5.41) is 6.64. The van der Waals surface area contributed by atoms with E-state index in [2.05, 4.69) is 20.2 Å². The van der Waals surface area contributed by atoms with Crippen LogP contribution in [0.2, 0.25) is 0 Å². The Morgan fingerprint density at radius 1 is 1.57 bits per heavy atom. The van der Waals surface area contributed by atoms with Gasteiger partial charge < -0.3 is 0 Å². The van der Waals surface area contributed by atoms with E-state index in [-0.39, 0.29) is 5.56 Å². The second-order valence-electron chi connectivity index (χ2n) is 2.88. The zero-order chi connectivity index (χ0) is 9.97. The highest BCUT2D eigenvalue weighted by Gasteiger charge is 2.01. The summed E-state index contributed by atoms with van der Waals surface area (Å²) in [7, 11) is 0. The van der Waals surface area contributed by atoms with Crippen molar-refractivity contribution in [1.82, 2.24) is 24.7 Å². The molecule has 0 unspecified atom stereocenters. The minimum absolute atomic E-state index is 0.109. The number of aryl methyl sites for hydroxylation is 1. The Labute approximate surface area is 79.6 Å². The summed E-state index contributed by atoms with van der Waals surface area (Å²) < 4.78 is 1.45. The lowest BCUT2D eigenvalue weighted by Gasteiger charge is -1.98. The van der Waals surface area contributed by atoms with Crippen LogP contribution >= 0.6 is 0 Å². The molecule has 2 aromatic rings. The van der Waals surface area contributed by atoms with Crippen LogP contribution in [0.25, 0.3) is 0 Å². The highest BCUT2D eigenvalue weighted by molar-refractivity contribution is 4.91. The second-order valence-corrected chi connectivity index (χ2v) is 2.88. The normalized spacial score (nSPS) is 10.4. The summed E-state index contributed by atoms with van der Waals surface area (Å²) in [5.41, 5.74) is -0.109. The van der Waals surface area contributed by atoms with E-state index in [0.29, 0.717) is 12.4 Å². The lowest BCUT2D eigenvalue weighted by molar-refractivity contribution is 0.700. The molecule has 0 aliphatic carbocycles. The minimum Gasteiger partial charge on any atom is -0.291 e. The number of rotatable bonds is 2. The van der Waals surface area contributed by atoms with Crippen molar-refractivity contribution in [3.8, 4) is 0 Å². The summed E-state index contributed by atoms with van der Waals surface area (Å²) in [6.45, 7) is 2.15. The van der Waals surface area contributed by atoms with Gasteiger partial charge >= 0.3 is 0 Å². The number of hydrogen-bond acceptors (Lipinski definition) is 4. The highest BCUT2D eigenvalue weighted by Crippen LogP contribution is 1.92. The Hall–Kier alpha value is -1.98.